The van der Waals surface area contributed by atoms with Crippen molar-refractivity contribution in [3.05, 3.63) is 30.1 Å². The van der Waals surface area contributed by atoms with Crippen LogP contribution in [0.4, 0.5) is 0 Å². The van der Waals surface area contributed by atoms with Crippen molar-refractivity contribution < 1.29 is 4.79 Å². The third kappa shape index (κ3) is 4.25. The molecule has 116 valence electrons. The van der Waals surface area contributed by atoms with Gasteiger partial charge in [-0.05, 0) is 23.1 Å². The Bertz CT molecular complexity index is 461. The Morgan fingerprint density at radius 3 is 2.33 bits per heavy atom. The second-order valence-electron chi connectivity index (χ2n) is 6.80. The van der Waals surface area contributed by atoms with Crippen molar-refractivity contribution in [3.8, 4) is 0 Å². The highest BCUT2D eigenvalue weighted by Gasteiger charge is 2.32. The van der Waals surface area contributed by atoms with E-state index in [-0.39, 0.29) is 11.3 Å². The lowest BCUT2D eigenvalue weighted by molar-refractivity contribution is -0.136. The van der Waals surface area contributed by atoms with Crippen molar-refractivity contribution in [2.45, 2.75) is 33.4 Å². The summed E-state index contributed by atoms with van der Waals surface area (Å²) < 4.78 is 0. The highest BCUT2D eigenvalue weighted by atomic mass is 16.2. The van der Waals surface area contributed by atoms with E-state index in [1.54, 1.807) is 0 Å². The Morgan fingerprint density at radius 2 is 1.81 bits per heavy atom. The molecular formula is C16H26N4O. The molecule has 21 heavy (non-hydrogen) atoms. The number of aromatic nitrogens is 1. The summed E-state index contributed by atoms with van der Waals surface area (Å²) in [6.07, 6.45) is 3.63. The van der Waals surface area contributed by atoms with Gasteiger partial charge < -0.3 is 10.6 Å². The van der Waals surface area contributed by atoms with E-state index in [1.165, 1.54) is 5.56 Å². The number of carbonyl (C=O) groups is 1. The number of hydrogen-bond donors (Lipinski definition) is 1. The molecule has 0 radical (unpaired) electrons. The fourth-order valence-electron chi connectivity index (χ4n) is 2.44. The molecule has 0 saturated carbocycles. The molecule has 0 aliphatic carbocycles. The predicted octanol–water partition coefficient (Wildman–Crippen LogP) is 1.10. The third-order valence-electron chi connectivity index (χ3n) is 4.04. The monoisotopic (exact) mass is 290 g/mol. The molecule has 0 bridgehead atoms. The molecule has 2 rings (SSSR count). The molecule has 1 amide bonds. The highest BCUT2D eigenvalue weighted by molar-refractivity contribution is 5.82. The van der Waals surface area contributed by atoms with E-state index in [0.29, 0.717) is 0 Å². The first-order chi connectivity index (χ1) is 9.88. The first kappa shape index (κ1) is 15.9. The predicted molar refractivity (Wildman–Crippen MR) is 83.5 cm³/mol. The Labute approximate surface area is 127 Å². The number of carbonyl (C=O) groups excluding carboxylic acids is 1. The van der Waals surface area contributed by atoms with Gasteiger partial charge in [-0.2, -0.15) is 0 Å². The van der Waals surface area contributed by atoms with Gasteiger partial charge in [-0.1, -0.05) is 20.8 Å². The van der Waals surface area contributed by atoms with Crippen molar-refractivity contribution in [1.82, 2.24) is 14.8 Å². The van der Waals surface area contributed by atoms with E-state index in [1.807, 2.05) is 50.2 Å². The van der Waals surface area contributed by atoms with Crippen molar-refractivity contribution in [2.24, 2.45) is 11.1 Å². The first-order valence-electron chi connectivity index (χ1n) is 7.53. The molecule has 1 saturated heterocycles. The van der Waals surface area contributed by atoms with Crippen LogP contribution in [-0.4, -0.2) is 52.9 Å². The van der Waals surface area contributed by atoms with Gasteiger partial charge in [0.25, 0.3) is 0 Å². The quantitative estimate of drug-likeness (QED) is 0.905. The summed E-state index contributed by atoms with van der Waals surface area (Å²) in [7, 11) is 0. The Hall–Kier alpha value is -1.46. The third-order valence-corrected chi connectivity index (χ3v) is 4.04. The lowest BCUT2D eigenvalue weighted by Crippen LogP contribution is -2.56. The molecule has 1 aromatic heterocycles. The average Bonchev–Trinajstić information content (AvgIpc) is 2.46. The zero-order chi connectivity index (χ0) is 15.5. The molecule has 1 fully saturated rings. The van der Waals surface area contributed by atoms with Gasteiger partial charge in [-0.15, -0.1) is 0 Å². The van der Waals surface area contributed by atoms with Crippen LogP contribution in [0.5, 0.6) is 0 Å². The van der Waals surface area contributed by atoms with E-state index >= 15 is 0 Å². The van der Waals surface area contributed by atoms with Crippen LogP contribution in [0.15, 0.2) is 24.5 Å². The van der Waals surface area contributed by atoms with E-state index in [0.717, 1.165) is 32.7 Å². The van der Waals surface area contributed by atoms with Gasteiger partial charge in [0.2, 0.25) is 5.91 Å². The largest absolute Gasteiger partial charge is 0.339 e. The molecule has 1 aliphatic rings. The standard InChI is InChI=1S/C16H26N4O/c1-16(2,3)14(17)15(21)20-10-8-19(9-11-20)12-13-4-6-18-7-5-13/h4-7,14H,8-12,17H2,1-3H3. The van der Waals surface area contributed by atoms with Gasteiger partial charge in [0, 0.05) is 45.1 Å². The average molecular weight is 290 g/mol. The van der Waals surface area contributed by atoms with Gasteiger partial charge in [-0.25, -0.2) is 0 Å². The summed E-state index contributed by atoms with van der Waals surface area (Å²) in [6, 6.07) is 3.64. The topological polar surface area (TPSA) is 62.5 Å². The molecule has 5 heteroatoms. The molecule has 1 aromatic rings. The number of piperazine rings is 1. The van der Waals surface area contributed by atoms with Crippen molar-refractivity contribution in [3.63, 3.8) is 0 Å². The molecule has 5 nitrogen and oxygen atoms in total. The smallest absolute Gasteiger partial charge is 0.240 e. The molecule has 1 unspecified atom stereocenters. The molecule has 1 atom stereocenters. The number of hydrogen-bond acceptors (Lipinski definition) is 4. The van der Waals surface area contributed by atoms with E-state index in [4.69, 9.17) is 5.73 Å². The molecule has 1 aliphatic heterocycles. The lowest BCUT2D eigenvalue weighted by atomic mass is 9.86. The fourth-order valence-corrected chi connectivity index (χ4v) is 2.44. The summed E-state index contributed by atoms with van der Waals surface area (Å²) in [5.74, 6) is 0.0751. The minimum absolute atomic E-state index is 0.0751. The maximum Gasteiger partial charge on any atom is 0.240 e. The number of nitrogens with zero attached hydrogens (tertiary/aromatic N) is 3. The van der Waals surface area contributed by atoms with E-state index in [2.05, 4.69) is 9.88 Å². The van der Waals surface area contributed by atoms with Crippen LogP contribution in [0.2, 0.25) is 0 Å². The Morgan fingerprint density at radius 1 is 1.24 bits per heavy atom. The van der Waals surface area contributed by atoms with Crippen LogP contribution < -0.4 is 5.73 Å². The van der Waals surface area contributed by atoms with Crippen molar-refractivity contribution in [1.29, 1.82) is 0 Å². The number of pyridine rings is 1. The maximum absolute atomic E-state index is 12.4. The minimum Gasteiger partial charge on any atom is -0.339 e. The SMILES string of the molecule is CC(C)(C)C(N)C(=O)N1CCN(Cc2ccncc2)CC1. The van der Waals surface area contributed by atoms with Gasteiger partial charge in [-0.3, -0.25) is 14.7 Å². The second-order valence-corrected chi connectivity index (χ2v) is 6.80. The molecule has 2 heterocycles. The maximum atomic E-state index is 12.4. The minimum atomic E-state index is -0.427. The zero-order valence-corrected chi connectivity index (χ0v) is 13.2. The zero-order valence-electron chi connectivity index (χ0n) is 13.2. The number of amides is 1. The summed E-state index contributed by atoms with van der Waals surface area (Å²) in [5.41, 5.74) is 7.14. The van der Waals surface area contributed by atoms with Crippen LogP contribution in [-0.2, 0) is 11.3 Å². The van der Waals surface area contributed by atoms with E-state index in [9.17, 15) is 4.79 Å². The van der Waals surface area contributed by atoms with Crippen molar-refractivity contribution in [2.75, 3.05) is 26.2 Å². The summed E-state index contributed by atoms with van der Waals surface area (Å²) in [4.78, 5) is 20.7. The molecule has 2 N–H and O–H groups in total. The Balaban J connectivity index is 1.84. The molecular weight excluding hydrogens is 264 g/mol. The van der Waals surface area contributed by atoms with Crippen LogP contribution in [0, 0.1) is 5.41 Å². The van der Waals surface area contributed by atoms with Crippen molar-refractivity contribution >= 4 is 5.91 Å². The van der Waals surface area contributed by atoms with Crippen LogP contribution in [0.1, 0.15) is 26.3 Å². The number of rotatable bonds is 3. The summed E-state index contributed by atoms with van der Waals surface area (Å²) >= 11 is 0. The van der Waals surface area contributed by atoms with Crippen LogP contribution in [0.3, 0.4) is 0 Å². The molecule has 0 aromatic carbocycles. The summed E-state index contributed by atoms with van der Waals surface area (Å²) in [6.45, 7) is 10.2. The van der Waals surface area contributed by atoms with Crippen LogP contribution >= 0.6 is 0 Å². The Kier molecular flexibility index (Phi) is 4.96. The molecule has 0 spiro atoms. The van der Waals surface area contributed by atoms with Crippen LogP contribution in [0.25, 0.3) is 0 Å². The van der Waals surface area contributed by atoms with Gasteiger partial charge >= 0.3 is 0 Å². The normalized spacial score (nSPS) is 18.6. The van der Waals surface area contributed by atoms with Gasteiger partial charge in [0.05, 0.1) is 6.04 Å². The highest BCUT2D eigenvalue weighted by Crippen LogP contribution is 2.20. The number of nitrogens with two attached hydrogens (primary N) is 1. The van der Waals surface area contributed by atoms with Gasteiger partial charge in [0.15, 0.2) is 0 Å². The van der Waals surface area contributed by atoms with Gasteiger partial charge in [0.1, 0.15) is 0 Å². The fraction of sp³-hybridized carbons (Fsp3) is 0.625. The van der Waals surface area contributed by atoms with E-state index < -0.39 is 6.04 Å². The second kappa shape index (κ2) is 6.54. The lowest BCUT2D eigenvalue weighted by Gasteiger charge is -2.38. The summed E-state index contributed by atoms with van der Waals surface area (Å²) in [5, 5.41) is 0. The first-order valence-corrected chi connectivity index (χ1v) is 7.53.